The Kier molecular flexibility index (Phi) is 6.42. The van der Waals surface area contributed by atoms with Crippen molar-refractivity contribution in [2.75, 3.05) is 19.0 Å². The van der Waals surface area contributed by atoms with Crippen molar-refractivity contribution in [2.45, 2.75) is 45.1 Å². The van der Waals surface area contributed by atoms with Gasteiger partial charge in [-0.2, -0.15) is 0 Å². The molecule has 0 aromatic rings. The standard InChI is InChI=1S/C13H23ClN2O3/c1-3-19-11(17)13(6-4-5-10(2)9-13)16-12(18)15-8-7-14/h10H,3-9H2,1-2H3,(H2,15,16,18). The molecule has 0 aromatic carbocycles. The first-order valence-electron chi connectivity index (χ1n) is 6.83. The Balaban J connectivity index is 2.74. The molecule has 2 atom stereocenters. The predicted molar refractivity (Wildman–Crippen MR) is 74.3 cm³/mol. The Hall–Kier alpha value is -0.970. The van der Waals surface area contributed by atoms with Crippen LogP contribution in [0.3, 0.4) is 0 Å². The van der Waals surface area contributed by atoms with E-state index in [1.54, 1.807) is 6.92 Å². The maximum atomic E-state index is 12.2. The molecule has 0 radical (unpaired) electrons. The van der Waals surface area contributed by atoms with Gasteiger partial charge in [0, 0.05) is 12.4 Å². The van der Waals surface area contributed by atoms with Crippen LogP contribution < -0.4 is 10.6 Å². The number of urea groups is 1. The van der Waals surface area contributed by atoms with Crippen LogP contribution in [-0.2, 0) is 9.53 Å². The third-order valence-corrected chi connectivity index (χ3v) is 3.59. The summed E-state index contributed by atoms with van der Waals surface area (Å²) in [7, 11) is 0. The number of carbonyl (C=O) groups is 2. The third kappa shape index (κ3) is 4.56. The van der Waals surface area contributed by atoms with Gasteiger partial charge < -0.3 is 15.4 Å². The zero-order valence-corrected chi connectivity index (χ0v) is 12.4. The smallest absolute Gasteiger partial charge is 0.331 e. The third-order valence-electron chi connectivity index (χ3n) is 3.40. The van der Waals surface area contributed by atoms with E-state index in [4.69, 9.17) is 16.3 Å². The molecule has 0 aromatic heterocycles. The summed E-state index contributed by atoms with van der Waals surface area (Å²) in [5.41, 5.74) is -0.885. The lowest BCUT2D eigenvalue weighted by atomic mass is 9.76. The fourth-order valence-electron chi connectivity index (χ4n) is 2.59. The van der Waals surface area contributed by atoms with Crippen molar-refractivity contribution in [3.05, 3.63) is 0 Å². The number of halogens is 1. The van der Waals surface area contributed by atoms with E-state index in [1.807, 2.05) is 0 Å². The Morgan fingerprint density at radius 2 is 2.21 bits per heavy atom. The molecule has 0 heterocycles. The molecule has 0 saturated heterocycles. The van der Waals surface area contributed by atoms with Crippen molar-refractivity contribution >= 4 is 23.6 Å². The van der Waals surface area contributed by atoms with Gasteiger partial charge in [0.25, 0.3) is 0 Å². The van der Waals surface area contributed by atoms with Crippen LogP contribution in [-0.4, -0.2) is 36.6 Å². The van der Waals surface area contributed by atoms with E-state index in [9.17, 15) is 9.59 Å². The molecule has 0 aliphatic heterocycles. The van der Waals surface area contributed by atoms with Crippen LogP contribution in [0, 0.1) is 5.92 Å². The van der Waals surface area contributed by atoms with E-state index in [1.165, 1.54) is 0 Å². The maximum Gasteiger partial charge on any atom is 0.331 e. The predicted octanol–water partition coefficient (Wildman–Crippen LogP) is 2.04. The molecule has 1 aliphatic carbocycles. The second-order valence-electron chi connectivity index (χ2n) is 5.07. The summed E-state index contributed by atoms with van der Waals surface area (Å²) in [5.74, 6) is 0.407. The Bertz CT molecular complexity index is 325. The number of carbonyl (C=O) groups excluding carboxylic acids is 2. The van der Waals surface area contributed by atoms with Crippen molar-refractivity contribution in [1.82, 2.24) is 10.6 Å². The lowest BCUT2D eigenvalue weighted by Crippen LogP contribution is -2.59. The largest absolute Gasteiger partial charge is 0.464 e. The molecule has 1 fully saturated rings. The minimum Gasteiger partial charge on any atom is -0.464 e. The fourth-order valence-corrected chi connectivity index (χ4v) is 2.69. The number of alkyl halides is 1. The minimum atomic E-state index is -0.885. The molecule has 0 bridgehead atoms. The topological polar surface area (TPSA) is 67.4 Å². The number of ether oxygens (including phenoxy) is 1. The monoisotopic (exact) mass is 290 g/mol. The second kappa shape index (κ2) is 7.58. The molecule has 2 amide bonds. The molecular formula is C13H23ClN2O3. The van der Waals surface area contributed by atoms with Crippen LogP contribution in [0.25, 0.3) is 0 Å². The number of hydrogen-bond donors (Lipinski definition) is 2. The van der Waals surface area contributed by atoms with E-state index in [2.05, 4.69) is 17.6 Å². The highest BCUT2D eigenvalue weighted by atomic mass is 35.5. The molecule has 19 heavy (non-hydrogen) atoms. The van der Waals surface area contributed by atoms with Gasteiger partial charge in [-0.3, -0.25) is 0 Å². The van der Waals surface area contributed by atoms with Crippen LogP contribution in [0.2, 0.25) is 0 Å². The van der Waals surface area contributed by atoms with Crippen molar-refractivity contribution in [1.29, 1.82) is 0 Å². The van der Waals surface area contributed by atoms with Gasteiger partial charge in [-0.25, -0.2) is 9.59 Å². The molecule has 6 heteroatoms. The molecule has 2 N–H and O–H groups in total. The van der Waals surface area contributed by atoms with Gasteiger partial charge in [0.05, 0.1) is 6.61 Å². The lowest BCUT2D eigenvalue weighted by Gasteiger charge is -2.38. The Labute approximate surface area is 119 Å². The number of rotatable bonds is 5. The van der Waals surface area contributed by atoms with Gasteiger partial charge >= 0.3 is 12.0 Å². The zero-order chi connectivity index (χ0) is 14.3. The second-order valence-corrected chi connectivity index (χ2v) is 5.45. The average Bonchev–Trinajstić information content (AvgIpc) is 2.36. The maximum absolute atomic E-state index is 12.2. The van der Waals surface area contributed by atoms with E-state index in [0.717, 1.165) is 12.8 Å². The molecule has 110 valence electrons. The number of hydrogen-bond acceptors (Lipinski definition) is 3. The Morgan fingerprint density at radius 3 is 2.79 bits per heavy atom. The minimum absolute atomic E-state index is 0.319. The van der Waals surface area contributed by atoms with E-state index in [0.29, 0.717) is 37.8 Å². The highest BCUT2D eigenvalue weighted by molar-refractivity contribution is 6.18. The highest BCUT2D eigenvalue weighted by Gasteiger charge is 2.44. The van der Waals surface area contributed by atoms with Gasteiger partial charge in [0.1, 0.15) is 5.54 Å². The number of esters is 1. The molecule has 5 nitrogen and oxygen atoms in total. The van der Waals surface area contributed by atoms with Crippen LogP contribution in [0.15, 0.2) is 0 Å². The van der Waals surface area contributed by atoms with Gasteiger partial charge in [-0.15, -0.1) is 11.6 Å². The van der Waals surface area contributed by atoms with Crippen molar-refractivity contribution < 1.29 is 14.3 Å². The molecule has 1 saturated carbocycles. The number of amides is 2. The molecule has 1 aliphatic rings. The fraction of sp³-hybridized carbons (Fsp3) is 0.846. The first-order valence-corrected chi connectivity index (χ1v) is 7.36. The summed E-state index contributed by atoms with van der Waals surface area (Å²) in [5, 5.41) is 5.43. The van der Waals surface area contributed by atoms with E-state index < -0.39 is 5.54 Å². The highest BCUT2D eigenvalue weighted by Crippen LogP contribution is 2.33. The molecule has 2 unspecified atom stereocenters. The summed E-state index contributed by atoms with van der Waals surface area (Å²) in [6.07, 6.45) is 3.24. The van der Waals surface area contributed by atoms with E-state index in [-0.39, 0.29) is 12.0 Å². The molecule has 1 rings (SSSR count). The zero-order valence-electron chi connectivity index (χ0n) is 11.6. The van der Waals surface area contributed by atoms with Gasteiger partial charge in [0.15, 0.2) is 0 Å². The van der Waals surface area contributed by atoms with Crippen molar-refractivity contribution in [3.63, 3.8) is 0 Å². The Morgan fingerprint density at radius 1 is 1.47 bits per heavy atom. The van der Waals surface area contributed by atoms with Crippen LogP contribution in [0.1, 0.15) is 39.5 Å². The van der Waals surface area contributed by atoms with Gasteiger partial charge in [-0.1, -0.05) is 19.8 Å². The summed E-state index contributed by atoms with van der Waals surface area (Å²) < 4.78 is 5.13. The quantitative estimate of drug-likeness (QED) is 0.601. The lowest BCUT2D eigenvalue weighted by molar-refractivity contribution is -0.153. The molecule has 0 spiro atoms. The SMILES string of the molecule is CCOC(=O)C1(NC(=O)NCCCl)CCCC(C)C1. The summed E-state index contributed by atoms with van der Waals surface area (Å²) in [6, 6.07) is -0.359. The van der Waals surface area contributed by atoms with E-state index >= 15 is 0 Å². The van der Waals surface area contributed by atoms with Crippen LogP contribution in [0.5, 0.6) is 0 Å². The van der Waals surface area contributed by atoms with Crippen LogP contribution >= 0.6 is 11.6 Å². The molecular weight excluding hydrogens is 268 g/mol. The van der Waals surface area contributed by atoms with Crippen LogP contribution in [0.4, 0.5) is 4.79 Å². The first-order chi connectivity index (χ1) is 9.04. The summed E-state index contributed by atoms with van der Waals surface area (Å²) in [4.78, 5) is 24.0. The summed E-state index contributed by atoms with van der Waals surface area (Å²) in [6.45, 7) is 4.55. The van der Waals surface area contributed by atoms with Crippen molar-refractivity contribution in [2.24, 2.45) is 5.92 Å². The van der Waals surface area contributed by atoms with Crippen molar-refractivity contribution in [3.8, 4) is 0 Å². The average molecular weight is 291 g/mol. The number of nitrogens with one attached hydrogen (secondary N) is 2. The normalized spacial score (nSPS) is 26.6. The first kappa shape index (κ1) is 16.1. The van der Waals surface area contributed by atoms with Gasteiger partial charge in [0.2, 0.25) is 0 Å². The van der Waals surface area contributed by atoms with Gasteiger partial charge in [-0.05, 0) is 25.7 Å². The summed E-state index contributed by atoms with van der Waals surface area (Å²) >= 11 is 5.52.